The minimum atomic E-state index is -0.0229. The third-order valence-corrected chi connectivity index (χ3v) is 6.71. The van der Waals surface area contributed by atoms with Crippen LogP contribution in [0.15, 0.2) is 61.2 Å². The lowest BCUT2D eigenvalue weighted by atomic mass is 10.0. The number of amides is 1. The van der Waals surface area contributed by atoms with E-state index in [2.05, 4.69) is 28.8 Å². The fraction of sp³-hybridized carbons (Fsp3) is 0.208. The number of nitrogens with zero attached hydrogens (tertiary/aromatic N) is 4. The number of fused-ring (bicyclic) bond motifs is 2. The second-order valence-electron chi connectivity index (χ2n) is 7.80. The number of piperazine rings is 1. The van der Waals surface area contributed by atoms with Crippen LogP contribution < -0.4 is 4.90 Å². The standard InChI is InChI=1S/C24H22N4O2S/c1-3-22(30)27-10-11-28(15(2)14-27)24-19-8-9-21(25-23(19)26-31-24)20-13-17(29)12-16-6-4-5-7-18(16)20/h3-9,12-13,15,29H,1,10-11,14H2,2H3. The lowest BCUT2D eigenvalue weighted by Crippen LogP contribution is -2.53. The molecule has 1 saturated heterocycles. The van der Waals surface area contributed by atoms with Crippen LogP contribution in [0.4, 0.5) is 5.00 Å². The Balaban J connectivity index is 1.51. The summed E-state index contributed by atoms with van der Waals surface area (Å²) in [6.07, 6.45) is 1.38. The summed E-state index contributed by atoms with van der Waals surface area (Å²) in [7, 11) is 0. The van der Waals surface area contributed by atoms with E-state index < -0.39 is 0 Å². The van der Waals surface area contributed by atoms with Crippen LogP contribution in [0.25, 0.3) is 33.1 Å². The van der Waals surface area contributed by atoms with Crippen molar-refractivity contribution in [2.45, 2.75) is 13.0 Å². The second-order valence-corrected chi connectivity index (χ2v) is 8.55. The lowest BCUT2D eigenvalue weighted by molar-refractivity contribution is -0.126. The lowest BCUT2D eigenvalue weighted by Gasteiger charge is -2.40. The number of aromatic hydroxyl groups is 1. The SMILES string of the molecule is C=CC(=O)N1CCN(c2snc3nc(-c4cc(O)cc5ccccc45)ccc23)C(C)C1. The summed E-state index contributed by atoms with van der Waals surface area (Å²) in [6, 6.07) is 15.7. The zero-order valence-corrected chi connectivity index (χ0v) is 18.0. The summed E-state index contributed by atoms with van der Waals surface area (Å²) in [4.78, 5) is 20.9. The number of benzene rings is 2. The third kappa shape index (κ3) is 3.41. The van der Waals surface area contributed by atoms with Crippen LogP contribution in [-0.4, -0.2) is 50.9 Å². The number of hydrogen-bond donors (Lipinski definition) is 1. The van der Waals surface area contributed by atoms with E-state index in [-0.39, 0.29) is 17.7 Å². The third-order valence-electron chi connectivity index (χ3n) is 5.82. The molecule has 0 spiro atoms. The Morgan fingerprint density at radius 3 is 2.84 bits per heavy atom. The van der Waals surface area contributed by atoms with Gasteiger partial charge in [-0.05, 0) is 59.6 Å². The number of anilines is 1. The molecule has 4 aromatic rings. The summed E-state index contributed by atoms with van der Waals surface area (Å²) >= 11 is 1.44. The number of phenols is 1. The number of carbonyl (C=O) groups is 1. The maximum absolute atomic E-state index is 12.0. The Labute approximate surface area is 184 Å². The van der Waals surface area contributed by atoms with E-state index in [0.29, 0.717) is 18.7 Å². The molecule has 0 bridgehead atoms. The molecule has 1 aliphatic rings. The van der Waals surface area contributed by atoms with Crippen molar-refractivity contribution < 1.29 is 9.90 Å². The Bertz CT molecular complexity index is 1320. The van der Waals surface area contributed by atoms with Gasteiger partial charge in [-0.15, -0.1) is 0 Å². The first kappa shape index (κ1) is 19.5. The minimum Gasteiger partial charge on any atom is -0.508 e. The molecule has 1 atom stereocenters. The molecule has 0 aliphatic carbocycles. The zero-order chi connectivity index (χ0) is 21.5. The van der Waals surface area contributed by atoms with Gasteiger partial charge in [-0.1, -0.05) is 30.8 Å². The fourth-order valence-corrected chi connectivity index (χ4v) is 5.22. The van der Waals surface area contributed by atoms with Crippen molar-refractivity contribution in [3.63, 3.8) is 0 Å². The largest absolute Gasteiger partial charge is 0.508 e. The van der Waals surface area contributed by atoms with Crippen molar-refractivity contribution >= 4 is 44.2 Å². The van der Waals surface area contributed by atoms with E-state index in [1.165, 1.54) is 17.6 Å². The maximum Gasteiger partial charge on any atom is 0.246 e. The molecule has 2 aromatic carbocycles. The second kappa shape index (κ2) is 7.67. The van der Waals surface area contributed by atoms with E-state index in [1.54, 1.807) is 12.1 Å². The Kier molecular flexibility index (Phi) is 4.82. The van der Waals surface area contributed by atoms with Gasteiger partial charge in [0.15, 0.2) is 5.65 Å². The summed E-state index contributed by atoms with van der Waals surface area (Å²) in [5.74, 6) is 0.195. The molecule has 3 heterocycles. The van der Waals surface area contributed by atoms with Crippen LogP contribution in [-0.2, 0) is 4.79 Å². The number of phenolic OH excluding ortho intramolecular Hbond substituents is 1. The van der Waals surface area contributed by atoms with Crippen LogP contribution in [0.1, 0.15) is 6.92 Å². The molecular weight excluding hydrogens is 408 g/mol. The van der Waals surface area contributed by atoms with Gasteiger partial charge in [-0.25, -0.2) is 4.98 Å². The van der Waals surface area contributed by atoms with Crippen LogP contribution in [0.5, 0.6) is 5.75 Å². The predicted octanol–water partition coefficient (Wildman–Crippen LogP) is 4.44. The van der Waals surface area contributed by atoms with Gasteiger partial charge in [0.1, 0.15) is 10.8 Å². The first-order chi connectivity index (χ1) is 15.0. The molecule has 2 aromatic heterocycles. The van der Waals surface area contributed by atoms with Crippen molar-refractivity contribution in [1.82, 2.24) is 14.3 Å². The zero-order valence-electron chi connectivity index (χ0n) is 17.2. The Morgan fingerprint density at radius 1 is 1.19 bits per heavy atom. The molecule has 0 saturated carbocycles. The number of pyridine rings is 1. The quantitative estimate of drug-likeness (QED) is 0.487. The monoisotopic (exact) mass is 430 g/mol. The van der Waals surface area contributed by atoms with Gasteiger partial charge in [0.2, 0.25) is 5.91 Å². The van der Waals surface area contributed by atoms with Gasteiger partial charge >= 0.3 is 0 Å². The van der Waals surface area contributed by atoms with Crippen LogP contribution >= 0.6 is 11.5 Å². The van der Waals surface area contributed by atoms with E-state index in [9.17, 15) is 9.90 Å². The molecule has 5 rings (SSSR count). The van der Waals surface area contributed by atoms with E-state index >= 15 is 0 Å². The Morgan fingerprint density at radius 2 is 2.03 bits per heavy atom. The van der Waals surface area contributed by atoms with Gasteiger partial charge in [0, 0.05) is 31.2 Å². The van der Waals surface area contributed by atoms with Crippen LogP contribution in [0.3, 0.4) is 0 Å². The molecule has 1 unspecified atom stereocenters. The molecule has 7 heteroatoms. The van der Waals surface area contributed by atoms with E-state index in [0.717, 1.165) is 39.0 Å². The summed E-state index contributed by atoms with van der Waals surface area (Å²) in [5, 5.41) is 14.3. The smallest absolute Gasteiger partial charge is 0.246 e. The average molecular weight is 431 g/mol. The van der Waals surface area contributed by atoms with Crippen LogP contribution in [0.2, 0.25) is 0 Å². The molecule has 1 fully saturated rings. The first-order valence-corrected chi connectivity index (χ1v) is 11.0. The van der Waals surface area contributed by atoms with Crippen molar-refractivity contribution in [2.75, 3.05) is 24.5 Å². The number of hydrogen-bond acceptors (Lipinski definition) is 6. The highest BCUT2D eigenvalue weighted by atomic mass is 32.1. The van der Waals surface area contributed by atoms with Crippen molar-refractivity contribution in [3.05, 3.63) is 61.2 Å². The number of aromatic nitrogens is 2. The molecule has 31 heavy (non-hydrogen) atoms. The normalized spacial score (nSPS) is 16.7. The minimum absolute atomic E-state index is 0.0229. The molecule has 1 N–H and O–H groups in total. The molecule has 156 valence electrons. The summed E-state index contributed by atoms with van der Waals surface area (Å²) in [6.45, 7) is 7.78. The van der Waals surface area contributed by atoms with Gasteiger partial charge < -0.3 is 14.9 Å². The molecule has 1 amide bonds. The van der Waals surface area contributed by atoms with Gasteiger partial charge in [0.05, 0.1) is 11.1 Å². The van der Waals surface area contributed by atoms with Gasteiger partial charge in [-0.2, -0.15) is 4.37 Å². The highest BCUT2D eigenvalue weighted by Crippen LogP contribution is 2.36. The van der Waals surface area contributed by atoms with Gasteiger partial charge in [-0.3, -0.25) is 4.79 Å². The highest BCUT2D eigenvalue weighted by Gasteiger charge is 2.28. The van der Waals surface area contributed by atoms with E-state index in [4.69, 9.17) is 4.98 Å². The van der Waals surface area contributed by atoms with E-state index in [1.807, 2.05) is 35.2 Å². The molecule has 6 nitrogen and oxygen atoms in total. The van der Waals surface area contributed by atoms with Crippen molar-refractivity contribution in [2.24, 2.45) is 0 Å². The highest BCUT2D eigenvalue weighted by molar-refractivity contribution is 7.11. The Hall–Kier alpha value is -3.45. The summed E-state index contributed by atoms with van der Waals surface area (Å²) < 4.78 is 4.62. The molecule has 1 aliphatic heterocycles. The first-order valence-electron chi connectivity index (χ1n) is 10.2. The molecular formula is C24H22N4O2S. The van der Waals surface area contributed by atoms with Gasteiger partial charge in [0.25, 0.3) is 0 Å². The predicted molar refractivity (Wildman–Crippen MR) is 126 cm³/mol. The summed E-state index contributed by atoms with van der Waals surface area (Å²) in [5.41, 5.74) is 2.37. The molecule has 0 radical (unpaired) electrons. The topological polar surface area (TPSA) is 69.6 Å². The maximum atomic E-state index is 12.0. The average Bonchev–Trinajstić information content (AvgIpc) is 3.20. The van der Waals surface area contributed by atoms with Crippen LogP contribution in [0, 0.1) is 0 Å². The fourth-order valence-electron chi connectivity index (χ4n) is 4.27. The number of rotatable bonds is 3. The van der Waals surface area contributed by atoms with Crippen molar-refractivity contribution in [3.8, 4) is 17.0 Å². The van der Waals surface area contributed by atoms with Crippen molar-refractivity contribution in [1.29, 1.82) is 0 Å². The number of carbonyl (C=O) groups excluding carboxylic acids is 1.